The minimum Gasteiger partial charge on any atom is -0.383 e. The fourth-order valence-corrected chi connectivity index (χ4v) is 5.55. The van der Waals surface area contributed by atoms with Crippen LogP contribution in [-0.4, -0.2) is 79.7 Å². The summed E-state index contributed by atoms with van der Waals surface area (Å²) in [5.41, 5.74) is 5.61. The van der Waals surface area contributed by atoms with Crippen molar-refractivity contribution < 1.29 is 27.6 Å². The molecule has 1 unspecified atom stereocenters. The monoisotopic (exact) mass is 581 g/mol. The van der Waals surface area contributed by atoms with Crippen LogP contribution in [0.25, 0.3) is 16.7 Å². The summed E-state index contributed by atoms with van der Waals surface area (Å²) in [5.74, 6) is -2.08. The highest BCUT2D eigenvalue weighted by atomic mass is 19.4. The van der Waals surface area contributed by atoms with Gasteiger partial charge in [-0.1, -0.05) is 6.07 Å². The van der Waals surface area contributed by atoms with Crippen LogP contribution in [0, 0.1) is 0 Å². The number of anilines is 2. The largest absolute Gasteiger partial charge is 0.405 e. The molecule has 13 nitrogen and oxygen atoms in total. The summed E-state index contributed by atoms with van der Waals surface area (Å²) in [6.07, 6.45) is -1.66. The maximum atomic E-state index is 14.1. The van der Waals surface area contributed by atoms with Crippen LogP contribution in [0.3, 0.4) is 0 Å². The number of nitrogens with one attached hydrogen (secondary N) is 2. The van der Waals surface area contributed by atoms with E-state index < -0.39 is 48.1 Å². The van der Waals surface area contributed by atoms with Crippen molar-refractivity contribution in [3.63, 3.8) is 0 Å². The number of carbonyl (C=O) groups excluding carboxylic acids is 3. The van der Waals surface area contributed by atoms with Gasteiger partial charge in [0.15, 0.2) is 0 Å². The highest BCUT2D eigenvalue weighted by Gasteiger charge is 2.57. The van der Waals surface area contributed by atoms with E-state index in [-0.39, 0.29) is 42.4 Å². The summed E-state index contributed by atoms with van der Waals surface area (Å²) in [5, 5.41) is 8.44. The van der Waals surface area contributed by atoms with E-state index in [9.17, 15) is 32.3 Å². The van der Waals surface area contributed by atoms with Crippen LogP contribution in [-0.2, 0) is 15.0 Å². The van der Waals surface area contributed by atoms with Gasteiger partial charge in [0.05, 0.1) is 28.5 Å². The van der Waals surface area contributed by atoms with E-state index in [1.54, 1.807) is 23.5 Å². The second-order valence-electron chi connectivity index (χ2n) is 10.0. The molecule has 1 fully saturated rings. The lowest BCUT2D eigenvalue weighted by atomic mass is 9.79. The van der Waals surface area contributed by atoms with Crippen molar-refractivity contribution in [2.24, 2.45) is 0 Å². The molecule has 216 valence electrons. The maximum absolute atomic E-state index is 14.1. The average Bonchev–Trinajstić information content (AvgIpc) is 3.66. The van der Waals surface area contributed by atoms with Crippen molar-refractivity contribution in [2.75, 3.05) is 36.8 Å². The zero-order chi connectivity index (χ0) is 29.8. The van der Waals surface area contributed by atoms with Gasteiger partial charge in [0.1, 0.15) is 30.1 Å². The number of H-pyrrole nitrogens is 1. The first-order valence-corrected chi connectivity index (χ1v) is 12.7. The predicted octanol–water partition coefficient (Wildman–Crippen LogP) is 0.895. The molecule has 42 heavy (non-hydrogen) atoms. The molecule has 0 saturated carbocycles. The number of rotatable bonds is 5. The first-order chi connectivity index (χ1) is 20.0. The fraction of sp³-hybridized carbons (Fsp3) is 0.269. The molecule has 4 N–H and O–H groups in total. The molecule has 6 rings (SSSR count). The topological polar surface area (TPSA) is 172 Å². The molecule has 3 amide bonds. The van der Waals surface area contributed by atoms with Gasteiger partial charge in [-0.25, -0.2) is 9.78 Å². The summed E-state index contributed by atoms with van der Waals surface area (Å²) >= 11 is 0. The number of carbonyl (C=O) groups is 3. The Morgan fingerprint density at radius 2 is 1.88 bits per heavy atom. The quantitative estimate of drug-likeness (QED) is 0.312. The Bertz CT molecular complexity index is 1820. The van der Waals surface area contributed by atoms with E-state index in [2.05, 4.69) is 20.2 Å². The van der Waals surface area contributed by atoms with Gasteiger partial charge >= 0.3 is 11.9 Å². The molecule has 0 bridgehead atoms. The second-order valence-corrected chi connectivity index (χ2v) is 10.0. The lowest BCUT2D eigenvalue weighted by Crippen LogP contribution is -2.47. The Morgan fingerprint density at radius 1 is 1.10 bits per heavy atom. The zero-order valence-electron chi connectivity index (χ0n) is 21.7. The lowest BCUT2D eigenvalue weighted by Gasteiger charge is -2.25. The standard InChI is InChI=1S/C26H22F3N9O4/c27-26(28,29)12-31-20(39)11-38-18-3-1-2-17(37-8-6-19(30)34-24(37)42)21(18)25(23(38)41)7-9-36(13-25)22(40)15-5-4-14-16(33-15)10-32-35-14/h1-6,8,10H,7,9,11-13H2,(H,31,39)(H,32,35)(H2,30,34,42). The summed E-state index contributed by atoms with van der Waals surface area (Å²) in [6, 6.07) is 9.25. The van der Waals surface area contributed by atoms with Crippen molar-refractivity contribution in [3.05, 3.63) is 70.5 Å². The van der Waals surface area contributed by atoms with Crippen molar-refractivity contribution in [2.45, 2.75) is 18.0 Å². The molecule has 4 aromatic rings. The number of likely N-dealkylation sites (tertiary alicyclic amines) is 1. The van der Waals surface area contributed by atoms with Gasteiger partial charge in [0.25, 0.3) is 5.91 Å². The number of hydrogen-bond donors (Lipinski definition) is 3. The van der Waals surface area contributed by atoms with Gasteiger partial charge in [0, 0.05) is 24.8 Å². The van der Waals surface area contributed by atoms with Crippen LogP contribution in [0.2, 0.25) is 0 Å². The van der Waals surface area contributed by atoms with Crippen molar-refractivity contribution >= 4 is 40.3 Å². The molecule has 0 aliphatic carbocycles. The van der Waals surface area contributed by atoms with Crippen LogP contribution in [0.15, 0.2) is 53.6 Å². The smallest absolute Gasteiger partial charge is 0.383 e. The normalized spacial score (nSPS) is 18.2. The number of aromatic amines is 1. The first-order valence-electron chi connectivity index (χ1n) is 12.7. The van der Waals surface area contributed by atoms with Crippen LogP contribution < -0.4 is 21.6 Å². The van der Waals surface area contributed by atoms with E-state index in [0.29, 0.717) is 16.6 Å². The SMILES string of the molecule is Nc1ccn(-c2cccc3c2C2(CCN(C(=O)c4ccc5[nH]ncc5n4)C2)C(=O)N3CC(=O)NCC(F)(F)F)c(=O)n1. The van der Waals surface area contributed by atoms with Crippen molar-refractivity contribution in [1.29, 1.82) is 0 Å². The van der Waals surface area contributed by atoms with E-state index in [0.717, 1.165) is 4.90 Å². The Kier molecular flexibility index (Phi) is 6.20. The Balaban J connectivity index is 1.40. The number of halogens is 3. The van der Waals surface area contributed by atoms with Gasteiger partial charge in [-0.3, -0.25) is 24.0 Å². The van der Waals surface area contributed by atoms with Crippen LogP contribution in [0.4, 0.5) is 24.7 Å². The van der Waals surface area contributed by atoms with Crippen LogP contribution in [0.1, 0.15) is 22.5 Å². The van der Waals surface area contributed by atoms with Gasteiger partial charge < -0.3 is 20.9 Å². The van der Waals surface area contributed by atoms with Crippen LogP contribution >= 0.6 is 0 Å². The van der Waals surface area contributed by atoms with Gasteiger partial charge in [0.2, 0.25) is 11.8 Å². The number of benzene rings is 1. The maximum Gasteiger partial charge on any atom is 0.405 e. The molecular formula is C26H22F3N9O4. The third-order valence-electron chi connectivity index (χ3n) is 7.39. The lowest BCUT2D eigenvalue weighted by molar-refractivity contribution is -0.138. The molecule has 0 radical (unpaired) electrons. The molecule has 16 heteroatoms. The number of fused-ring (bicyclic) bond motifs is 3. The van der Waals surface area contributed by atoms with Crippen LogP contribution in [0.5, 0.6) is 0 Å². The third-order valence-corrected chi connectivity index (χ3v) is 7.39. The number of nitrogen functional groups attached to an aromatic ring is 1. The average molecular weight is 582 g/mol. The Labute approximate surface area is 234 Å². The summed E-state index contributed by atoms with van der Waals surface area (Å²) < 4.78 is 39.4. The summed E-state index contributed by atoms with van der Waals surface area (Å²) in [4.78, 5) is 63.6. The highest BCUT2D eigenvalue weighted by Crippen LogP contribution is 2.50. The number of aromatic nitrogens is 5. The van der Waals surface area contributed by atoms with E-state index in [4.69, 9.17) is 5.73 Å². The van der Waals surface area contributed by atoms with E-state index in [1.165, 1.54) is 40.1 Å². The molecule has 1 aromatic carbocycles. The molecule has 1 saturated heterocycles. The van der Waals surface area contributed by atoms with Gasteiger partial charge in [-0.05, 0) is 36.8 Å². The van der Waals surface area contributed by atoms with Crippen molar-refractivity contribution in [1.82, 2.24) is 34.9 Å². The third kappa shape index (κ3) is 4.49. The molecule has 2 aliphatic heterocycles. The number of nitrogens with two attached hydrogens (primary N) is 1. The minimum atomic E-state index is -4.64. The van der Waals surface area contributed by atoms with E-state index in [1.807, 2.05) is 0 Å². The number of alkyl halides is 3. The molecule has 5 heterocycles. The second kappa shape index (κ2) is 9.67. The van der Waals surface area contributed by atoms with Gasteiger partial charge in [-0.15, -0.1) is 0 Å². The molecule has 3 aromatic heterocycles. The number of pyridine rings is 1. The number of nitrogens with zero attached hydrogens (tertiary/aromatic N) is 6. The predicted molar refractivity (Wildman–Crippen MR) is 142 cm³/mol. The van der Waals surface area contributed by atoms with Gasteiger partial charge in [-0.2, -0.15) is 23.3 Å². The number of amides is 3. The summed E-state index contributed by atoms with van der Waals surface area (Å²) in [6.45, 7) is -2.26. The zero-order valence-corrected chi connectivity index (χ0v) is 21.7. The molecule has 1 atom stereocenters. The molecular weight excluding hydrogens is 559 g/mol. The fourth-order valence-electron chi connectivity index (χ4n) is 5.55. The first kappa shape index (κ1) is 26.9. The number of hydrogen-bond acceptors (Lipinski definition) is 8. The highest BCUT2D eigenvalue weighted by molar-refractivity contribution is 6.12. The molecule has 2 aliphatic rings. The van der Waals surface area contributed by atoms with Crippen molar-refractivity contribution in [3.8, 4) is 5.69 Å². The molecule has 1 spiro atoms. The Morgan fingerprint density at radius 3 is 2.64 bits per heavy atom. The minimum absolute atomic E-state index is 0.0164. The van der Waals surface area contributed by atoms with E-state index >= 15 is 0 Å². The Hall–Kier alpha value is -5.28. The summed E-state index contributed by atoms with van der Waals surface area (Å²) in [7, 11) is 0.